The van der Waals surface area contributed by atoms with Gasteiger partial charge in [0.15, 0.2) is 0 Å². The smallest absolute Gasteiger partial charge is 0.227 e. The fourth-order valence-corrected chi connectivity index (χ4v) is 0.179. The Kier molecular flexibility index (Phi) is 3.56. The molecule has 0 radical (unpaired) electrons. The van der Waals surface area contributed by atoms with Crippen molar-refractivity contribution < 1.29 is 4.79 Å². The van der Waals surface area contributed by atoms with Crippen molar-refractivity contribution in [2.24, 2.45) is 5.10 Å². The van der Waals surface area contributed by atoms with Crippen LogP contribution in [0.25, 0.3) is 0 Å². The summed E-state index contributed by atoms with van der Waals surface area (Å²) in [6.45, 7) is 0. The first kappa shape index (κ1) is 6.94. The minimum absolute atomic E-state index is 0.514. The first-order valence-electron chi connectivity index (χ1n) is 2.16. The van der Waals surface area contributed by atoms with E-state index in [9.17, 15) is 4.79 Å². The minimum Gasteiger partial charge on any atom is -0.367 e. The van der Waals surface area contributed by atoms with Gasteiger partial charge < -0.3 is 4.90 Å². The molecular formula is C4H9N3O. The first-order chi connectivity index (χ1) is 3.77. The molecule has 0 heterocycles. The van der Waals surface area contributed by atoms with Crippen LogP contribution in [0.1, 0.15) is 0 Å². The highest BCUT2D eigenvalue weighted by Crippen LogP contribution is 1.60. The zero-order valence-electron chi connectivity index (χ0n) is 4.96. The normalized spacial score (nSPS) is 9.25. The number of hydrogen-bond donors (Lipinski definition) is 1. The van der Waals surface area contributed by atoms with Crippen molar-refractivity contribution in [2.75, 3.05) is 14.1 Å². The van der Waals surface area contributed by atoms with Crippen LogP contribution in [0, 0.1) is 0 Å². The molecule has 0 aromatic rings. The van der Waals surface area contributed by atoms with E-state index >= 15 is 0 Å². The number of carbonyl (C=O) groups excluding carboxylic acids is 1. The summed E-state index contributed by atoms with van der Waals surface area (Å²) in [6, 6.07) is 0. The van der Waals surface area contributed by atoms with Gasteiger partial charge >= 0.3 is 0 Å². The number of hydrazone groups is 1. The van der Waals surface area contributed by atoms with Crippen LogP contribution < -0.4 is 5.43 Å². The fraction of sp³-hybridized carbons (Fsp3) is 0.500. The highest BCUT2D eigenvalue weighted by Gasteiger charge is 1.72. The van der Waals surface area contributed by atoms with Crippen molar-refractivity contribution in [3.8, 4) is 0 Å². The largest absolute Gasteiger partial charge is 0.367 e. The van der Waals surface area contributed by atoms with Crippen molar-refractivity contribution in [3.05, 3.63) is 0 Å². The summed E-state index contributed by atoms with van der Waals surface area (Å²) in [5, 5.41) is 3.47. The summed E-state index contributed by atoms with van der Waals surface area (Å²) in [7, 11) is 3.63. The Labute approximate surface area is 48.2 Å². The van der Waals surface area contributed by atoms with E-state index in [4.69, 9.17) is 0 Å². The van der Waals surface area contributed by atoms with E-state index < -0.39 is 0 Å². The molecule has 0 saturated heterocycles. The molecule has 0 aromatic carbocycles. The third kappa shape index (κ3) is 4.94. The molecule has 4 heteroatoms. The standard InChI is InChI=1S/C4H9N3O/c1-7(2)3-5-6-4-8/h3-4H,1-2H3,(H,6,8)/b5-3-. The lowest BCUT2D eigenvalue weighted by molar-refractivity contribution is -0.109. The summed E-state index contributed by atoms with van der Waals surface area (Å²) < 4.78 is 0. The molecule has 0 fully saturated rings. The highest BCUT2D eigenvalue weighted by molar-refractivity contribution is 5.56. The van der Waals surface area contributed by atoms with E-state index in [0.717, 1.165) is 0 Å². The molecule has 1 N–H and O–H groups in total. The maximum atomic E-state index is 9.54. The Bertz CT molecular complexity index is 89.3. The monoisotopic (exact) mass is 115 g/mol. The van der Waals surface area contributed by atoms with Gasteiger partial charge in [0.2, 0.25) is 6.41 Å². The minimum atomic E-state index is 0.514. The van der Waals surface area contributed by atoms with Crippen molar-refractivity contribution in [3.63, 3.8) is 0 Å². The van der Waals surface area contributed by atoms with Crippen LogP contribution in [0.3, 0.4) is 0 Å². The van der Waals surface area contributed by atoms with Crippen LogP contribution in [-0.2, 0) is 4.79 Å². The van der Waals surface area contributed by atoms with Crippen LogP contribution in [0.5, 0.6) is 0 Å². The number of nitrogens with zero attached hydrogens (tertiary/aromatic N) is 2. The Morgan fingerprint density at radius 1 is 1.62 bits per heavy atom. The molecule has 0 unspecified atom stereocenters. The van der Waals surface area contributed by atoms with Crippen molar-refractivity contribution in [1.82, 2.24) is 10.3 Å². The van der Waals surface area contributed by atoms with Gasteiger partial charge in [0.25, 0.3) is 0 Å². The second-order valence-corrected chi connectivity index (χ2v) is 1.46. The number of rotatable bonds is 3. The van der Waals surface area contributed by atoms with Gasteiger partial charge in [0, 0.05) is 14.1 Å². The maximum absolute atomic E-state index is 9.54. The number of hydrogen-bond acceptors (Lipinski definition) is 2. The summed E-state index contributed by atoms with van der Waals surface area (Å²) in [5.41, 5.74) is 2.13. The SMILES string of the molecule is CN(C)/C=N\NC=O. The summed E-state index contributed by atoms with van der Waals surface area (Å²) in [5.74, 6) is 0. The van der Waals surface area contributed by atoms with Gasteiger partial charge in [0.1, 0.15) is 6.34 Å². The number of carbonyl (C=O) groups is 1. The lowest BCUT2D eigenvalue weighted by Gasteiger charge is -1.99. The van der Waals surface area contributed by atoms with Crippen molar-refractivity contribution in [2.45, 2.75) is 0 Å². The average Bonchev–Trinajstić information content (AvgIpc) is 1.66. The molecule has 0 bridgehead atoms. The van der Waals surface area contributed by atoms with Gasteiger partial charge in [-0.1, -0.05) is 0 Å². The summed E-state index contributed by atoms with van der Waals surface area (Å²) in [6.07, 6.45) is 2.01. The van der Waals surface area contributed by atoms with E-state index in [1.165, 1.54) is 6.34 Å². The average molecular weight is 115 g/mol. The lowest BCUT2D eigenvalue weighted by Crippen LogP contribution is -2.11. The topological polar surface area (TPSA) is 44.7 Å². The maximum Gasteiger partial charge on any atom is 0.227 e. The molecule has 0 atom stereocenters. The van der Waals surface area contributed by atoms with Crippen LogP contribution in [0.4, 0.5) is 0 Å². The molecule has 4 nitrogen and oxygen atoms in total. The van der Waals surface area contributed by atoms with Gasteiger partial charge in [-0.2, -0.15) is 5.10 Å². The Hall–Kier alpha value is -1.06. The quantitative estimate of drug-likeness (QED) is 0.227. The van der Waals surface area contributed by atoms with Crippen molar-refractivity contribution in [1.29, 1.82) is 0 Å². The molecule has 0 aliphatic rings. The Morgan fingerprint density at radius 3 is 2.62 bits per heavy atom. The summed E-state index contributed by atoms with van der Waals surface area (Å²) >= 11 is 0. The van der Waals surface area contributed by atoms with Gasteiger partial charge in [-0.05, 0) is 0 Å². The third-order valence-corrected chi connectivity index (χ3v) is 0.416. The predicted molar refractivity (Wildman–Crippen MR) is 31.4 cm³/mol. The molecular weight excluding hydrogens is 106 g/mol. The third-order valence-electron chi connectivity index (χ3n) is 0.416. The first-order valence-corrected chi connectivity index (χ1v) is 2.16. The molecule has 0 aliphatic carbocycles. The molecule has 0 aromatic heterocycles. The van der Waals surface area contributed by atoms with E-state index in [2.05, 4.69) is 10.5 Å². The molecule has 0 rings (SSSR count). The zero-order chi connectivity index (χ0) is 6.41. The number of nitrogens with one attached hydrogen (secondary N) is 1. The second kappa shape index (κ2) is 4.11. The molecule has 0 spiro atoms. The highest BCUT2D eigenvalue weighted by atomic mass is 16.1. The van der Waals surface area contributed by atoms with Crippen molar-refractivity contribution >= 4 is 12.7 Å². The second-order valence-electron chi connectivity index (χ2n) is 1.46. The van der Waals surface area contributed by atoms with Gasteiger partial charge in [0.05, 0.1) is 0 Å². The van der Waals surface area contributed by atoms with Gasteiger partial charge in [-0.25, -0.2) is 5.43 Å². The fourth-order valence-electron chi connectivity index (χ4n) is 0.179. The van der Waals surface area contributed by atoms with E-state index in [0.29, 0.717) is 6.41 Å². The Morgan fingerprint density at radius 2 is 2.25 bits per heavy atom. The van der Waals surface area contributed by atoms with Gasteiger partial charge in [-0.15, -0.1) is 0 Å². The predicted octanol–water partition coefficient (Wildman–Crippen LogP) is -0.763. The van der Waals surface area contributed by atoms with Crippen LogP contribution >= 0.6 is 0 Å². The van der Waals surface area contributed by atoms with E-state index in [1.807, 2.05) is 14.1 Å². The molecule has 0 saturated carbocycles. The van der Waals surface area contributed by atoms with Crippen LogP contribution in [-0.4, -0.2) is 31.7 Å². The van der Waals surface area contributed by atoms with Crippen LogP contribution in [0.15, 0.2) is 5.10 Å². The Balaban J connectivity index is 3.19. The zero-order valence-corrected chi connectivity index (χ0v) is 4.96. The molecule has 46 valence electrons. The number of amides is 1. The molecule has 8 heavy (non-hydrogen) atoms. The lowest BCUT2D eigenvalue weighted by atomic mass is 11.0. The van der Waals surface area contributed by atoms with Gasteiger partial charge in [-0.3, -0.25) is 4.79 Å². The van der Waals surface area contributed by atoms with Crippen LogP contribution in [0.2, 0.25) is 0 Å². The molecule has 1 amide bonds. The summed E-state index contributed by atoms with van der Waals surface area (Å²) in [4.78, 5) is 11.3. The molecule has 0 aliphatic heterocycles. The van der Waals surface area contributed by atoms with E-state index in [-0.39, 0.29) is 0 Å². The van der Waals surface area contributed by atoms with E-state index in [1.54, 1.807) is 4.90 Å².